The van der Waals surface area contributed by atoms with Crippen molar-refractivity contribution >= 4 is 69.1 Å². The van der Waals surface area contributed by atoms with Gasteiger partial charge in [-0.2, -0.15) is 4.31 Å². The van der Waals surface area contributed by atoms with E-state index in [4.69, 9.17) is 19.5 Å². The fraction of sp³-hybridized carbons (Fsp3) is 0.680. The van der Waals surface area contributed by atoms with Gasteiger partial charge in [0.05, 0.1) is 19.5 Å². The third kappa shape index (κ3) is 14.3. The number of phosphoric acid groups is 3. The number of carbonyl (C=O) groups excluding carboxylic acids is 3. The van der Waals surface area contributed by atoms with Gasteiger partial charge in [0.15, 0.2) is 22.8 Å². The number of thioether (sulfide) groups is 1. The number of ether oxygens (including phenoxy) is 1. The summed E-state index contributed by atoms with van der Waals surface area (Å²) in [6.45, 7) is 3.97. The molecular formula is C25H41LiN7O17P3S. The summed E-state index contributed by atoms with van der Waals surface area (Å²) in [4.78, 5) is 88.9. The summed E-state index contributed by atoms with van der Waals surface area (Å²) in [6, 6.07) is 0. The Balaban J connectivity index is 0.0000101. The minimum atomic E-state index is -5.58. The molecule has 1 saturated heterocycles. The molecule has 24 nitrogen and oxygen atoms in total. The first kappa shape index (κ1) is 48.3. The predicted octanol–water partition coefficient (Wildman–Crippen LogP) is -4.31. The first-order valence-corrected chi connectivity index (χ1v) is 20.9. The molecular weight excluding hydrogens is 802 g/mol. The third-order valence-corrected chi connectivity index (χ3v) is 11.5. The summed E-state index contributed by atoms with van der Waals surface area (Å²) in [5.41, 5.74) is 4.22. The van der Waals surface area contributed by atoms with E-state index in [1.807, 2.05) is 0 Å². The van der Waals surface area contributed by atoms with E-state index in [0.29, 0.717) is 5.75 Å². The average molecular weight is 844 g/mol. The second-order valence-corrected chi connectivity index (χ2v) is 17.7. The Morgan fingerprint density at radius 2 is 1.74 bits per heavy atom. The van der Waals surface area contributed by atoms with E-state index < -0.39 is 84.6 Å². The van der Waals surface area contributed by atoms with Crippen LogP contribution in [0.2, 0.25) is 0 Å². The number of nitrogens with two attached hydrogens (primary N) is 1. The van der Waals surface area contributed by atoms with Crippen LogP contribution >= 0.6 is 35.2 Å². The first-order valence-electron chi connectivity index (χ1n) is 15.5. The molecule has 2 aromatic rings. The second kappa shape index (κ2) is 20.0. The fourth-order valence-corrected chi connectivity index (χ4v) is 8.00. The van der Waals surface area contributed by atoms with Crippen LogP contribution in [0.1, 0.15) is 40.3 Å². The van der Waals surface area contributed by atoms with Crippen molar-refractivity contribution in [1.29, 1.82) is 0 Å². The monoisotopic (exact) mass is 843 g/mol. The van der Waals surface area contributed by atoms with Gasteiger partial charge in [-0.1, -0.05) is 39.5 Å². The Kier molecular flexibility index (Phi) is 17.9. The van der Waals surface area contributed by atoms with Gasteiger partial charge < -0.3 is 55.4 Å². The molecule has 8 atom stereocenters. The van der Waals surface area contributed by atoms with Crippen LogP contribution in [0.3, 0.4) is 0 Å². The largest absolute Gasteiger partial charge is 1.00 e. The number of imidazole rings is 1. The molecule has 1 aliphatic rings. The van der Waals surface area contributed by atoms with Gasteiger partial charge in [-0.15, -0.1) is 0 Å². The van der Waals surface area contributed by atoms with E-state index in [1.54, 1.807) is 13.8 Å². The summed E-state index contributed by atoms with van der Waals surface area (Å²) in [7, 11) is -16.6. The molecule has 0 spiro atoms. The van der Waals surface area contributed by atoms with Crippen molar-refractivity contribution in [1.82, 2.24) is 30.2 Å². The van der Waals surface area contributed by atoms with Crippen LogP contribution in [-0.4, -0.2) is 118 Å². The molecule has 1 aliphatic heterocycles. The quantitative estimate of drug-likeness (QED) is 0.0355. The Morgan fingerprint density at radius 1 is 1.09 bits per heavy atom. The van der Waals surface area contributed by atoms with Crippen molar-refractivity contribution in [2.45, 2.75) is 64.8 Å². The van der Waals surface area contributed by atoms with Crippen LogP contribution in [0, 0.1) is 11.3 Å². The fourth-order valence-electron chi connectivity index (χ4n) is 4.44. The van der Waals surface area contributed by atoms with E-state index in [-0.39, 0.29) is 66.4 Å². The van der Waals surface area contributed by atoms with E-state index in [0.717, 1.165) is 29.0 Å². The number of fused-ring (bicyclic) bond motifs is 1. The maximum Gasteiger partial charge on any atom is 1.00 e. The number of carbonyl (C=O) groups is 3. The van der Waals surface area contributed by atoms with Crippen molar-refractivity contribution in [3.8, 4) is 0 Å². The van der Waals surface area contributed by atoms with Crippen LogP contribution in [0.5, 0.6) is 0 Å². The standard InChI is InChI=1S/C25H42N7O17P3S.Li/c1-13(2)24(37)53-8-7-27-15(33)5-6-28-22(36)19(35)25(3,4)10-46-52(43,44)49-51(41,42)45-9-14-18(48-50(38,39)40)17(34)23(47-14)32-12-31-16-20(26)29-11-30-21(16)32;/h11-14,17-19,23,34-35H,5-10H2,1-4H3,(H,27,33)(H,28,36)(H,41,42)(H,43,44)(H2,26,29,30)(H2,38,39,40);/q;+1/p-1. The van der Waals surface area contributed by atoms with Gasteiger partial charge in [0, 0.05) is 36.6 Å². The molecule has 3 rings (SSSR count). The van der Waals surface area contributed by atoms with Crippen LogP contribution in [0.15, 0.2) is 12.7 Å². The summed E-state index contributed by atoms with van der Waals surface area (Å²) in [5.74, 6) is -1.25. The average Bonchev–Trinajstić information content (AvgIpc) is 3.60. The minimum absolute atomic E-state index is 0. The number of aromatic nitrogens is 4. The molecule has 300 valence electrons. The molecule has 0 bridgehead atoms. The van der Waals surface area contributed by atoms with E-state index in [1.165, 1.54) is 13.8 Å². The zero-order valence-electron chi connectivity index (χ0n) is 29.6. The van der Waals surface area contributed by atoms with Crippen LogP contribution < -0.4 is 40.1 Å². The molecule has 29 heteroatoms. The SMILES string of the molecule is CC(C)C(=O)SCCNC(=O)CCNC(=O)C(O)C(C)(C)COP(=O)(O)OP(=O)(O)OCC1OC(n2cnc3c(N)ncnc32)C(O)C1OP(=O)([O-])O.[Li+]. The number of aliphatic hydroxyl groups excluding tert-OH is 2. The molecule has 3 heterocycles. The van der Waals surface area contributed by atoms with Crippen molar-refractivity contribution in [2.24, 2.45) is 11.3 Å². The van der Waals surface area contributed by atoms with E-state index in [9.17, 15) is 57.9 Å². The summed E-state index contributed by atoms with van der Waals surface area (Å²) < 4.78 is 61.6. The van der Waals surface area contributed by atoms with Crippen molar-refractivity contribution in [3.05, 3.63) is 12.7 Å². The summed E-state index contributed by atoms with van der Waals surface area (Å²) in [5, 5.41) is 26.2. The zero-order chi connectivity index (χ0) is 39.9. The first-order chi connectivity index (χ1) is 24.4. The van der Waals surface area contributed by atoms with E-state index >= 15 is 0 Å². The van der Waals surface area contributed by atoms with Gasteiger partial charge >= 0.3 is 34.5 Å². The molecule has 1 fully saturated rings. The van der Waals surface area contributed by atoms with Gasteiger partial charge in [-0.25, -0.2) is 24.1 Å². The van der Waals surface area contributed by atoms with Crippen molar-refractivity contribution in [2.75, 3.05) is 37.8 Å². The van der Waals surface area contributed by atoms with Crippen LogP contribution in [0.25, 0.3) is 11.2 Å². The van der Waals surface area contributed by atoms with E-state index in [2.05, 4.69) is 34.4 Å². The maximum atomic E-state index is 12.6. The van der Waals surface area contributed by atoms with Crippen molar-refractivity contribution < 1.29 is 99.3 Å². The second-order valence-electron chi connectivity index (χ2n) is 12.4. The van der Waals surface area contributed by atoms with Crippen molar-refractivity contribution in [3.63, 3.8) is 0 Å². The number of nitrogen functional groups attached to an aromatic ring is 1. The Morgan fingerprint density at radius 3 is 2.37 bits per heavy atom. The van der Waals surface area contributed by atoms with Gasteiger partial charge in [-0.05, 0) is 0 Å². The number of anilines is 1. The molecule has 0 aromatic carbocycles. The minimum Gasteiger partial charge on any atom is -0.756 e. The van der Waals surface area contributed by atoms with Gasteiger partial charge in [-0.3, -0.25) is 32.6 Å². The Labute approximate surface area is 324 Å². The molecule has 2 aromatic heterocycles. The number of phosphoric ester groups is 3. The molecule has 54 heavy (non-hydrogen) atoms. The number of nitrogens with zero attached hydrogens (tertiary/aromatic N) is 4. The number of nitrogens with one attached hydrogen (secondary N) is 2. The normalized spacial score (nSPS) is 22.8. The number of aliphatic hydroxyl groups is 2. The summed E-state index contributed by atoms with van der Waals surface area (Å²) in [6.07, 6.45) is -7.09. The van der Waals surface area contributed by atoms with Gasteiger partial charge in [0.1, 0.15) is 36.3 Å². The predicted molar refractivity (Wildman–Crippen MR) is 180 cm³/mol. The van der Waals surface area contributed by atoms with Crippen LogP contribution in [-0.2, 0) is 50.7 Å². The number of amides is 2. The molecule has 0 saturated carbocycles. The molecule has 2 amide bonds. The smallest absolute Gasteiger partial charge is 0.756 e. The molecule has 0 radical (unpaired) electrons. The number of rotatable bonds is 20. The van der Waals surface area contributed by atoms with Crippen LogP contribution in [0.4, 0.5) is 5.82 Å². The number of hydrogen-bond acceptors (Lipinski definition) is 19. The zero-order valence-corrected chi connectivity index (χ0v) is 33.1. The topological polar surface area (TPSA) is 366 Å². The summed E-state index contributed by atoms with van der Waals surface area (Å²) >= 11 is 1.08. The van der Waals surface area contributed by atoms with Gasteiger partial charge in [0.25, 0.3) is 7.82 Å². The Bertz CT molecular complexity index is 1770. The molecule has 9 N–H and O–H groups in total. The van der Waals surface area contributed by atoms with Gasteiger partial charge in [0.2, 0.25) is 11.8 Å². The molecule has 0 aliphatic carbocycles. The third-order valence-electron chi connectivity index (χ3n) is 7.21. The molecule has 8 unspecified atom stereocenters. The number of hydrogen-bond donors (Lipinski definition) is 8. The maximum absolute atomic E-state index is 12.6. The Hall–Kier alpha value is -1.84.